The van der Waals surface area contributed by atoms with Gasteiger partial charge in [-0.1, -0.05) is 42.5 Å². The third-order valence-electron chi connectivity index (χ3n) is 3.16. The van der Waals surface area contributed by atoms with Gasteiger partial charge in [-0.25, -0.2) is 9.78 Å². The smallest absolute Gasteiger partial charge is 0.321 e. The van der Waals surface area contributed by atoms with Gasteiger partial charge in [-0.2, -0.15) is 0 Å². The van der Waals surface area contributed by atoms with Gasteiger partial charge in [-0.15, -0.1) is 11.3 Å². The first kappa shape index (κ1) is 15.1. The second kappa shape index (κ2) is 6.93. The number of nitrogens with one attached hydrogen (secondary N) is 2. The Morgan fingerprint density at radius 1 is 1.13 bits per heavy atom. The molecule has 0 aliphatic rings. The maximum atomic E-state index is 11.9. The van der Waals surface area contributed by atoms with Crippen LogP contribution in [0.15, 0.2) is 60.0 Å². The lowest BCUT2D eigenvalue weighted by Gasteiger charge is -2.05. The highest BCUT2D eigenvalue weighted by Gasteiger charge is 2.07. The number of hydrogen-bond donors (Lipinski definition) is 3. The van der Waals surface area contributed by atoms with Crippen molar-refractivity contribution in [2.24, 2.45) is 0 Å². The molecule has 0 saturated heterocycles. The first-order chi connectivity index (χ1) is 11.2. The van der Waals surface area contributed by atoms with E-state index in [0.717, 1.165) is 16.8 Å². The molecule has 0 bridgehead atoms. The summed E-state index contributed by atoms with van der Waals surface area (Å²) in [4.78, 5) is 16.3. The number of aromatic nitrogens is 1. The Balaban J connectivity index is 1.57. The highest BCUT2D eigenvalue weighted by atomic mass is 32.1. The van der Waals surface area contributed by atoms with Crippen LogP contribution in [-0.2, 0) is 6.54 Å². The number of phenols is 1. The summed E-state index contributed by atoms with van der Waals surface area (Å²) in [5.41, 5.74) is 2.67. The normalized spacial score (nSPS) is 10.3. The van der Waals surface area contributed by atoms with Crippen LogP contribution in [0.3, 0.4) is 0 Å². The summed E-state index contributed by atoms with van der Waals surface area (Å²) >= 11 is 1.37. The minimum atomic E-state index is -0.331. The van der Waals surface area contributed by atoms with Crippen LogP contribution in [0.25, 0.3) is 11.3 Å². The molecule has 0 fully saturated rings. The average Bonchev–Trinajstić information content (AvgIpc) is 3.02. The lowest BCUT2D eigenvalue weighted by molar-refractivity contribution is 0.251. The molecular weight excluding hydrogens is 310 g/mol. The number of carbonyl (C=O) groups excluding carboxylic acids is 1. The van der Waals surface area contributed by atoms with Crippen molar-refractivity contribution in [3.05, 3.63) is 65.5 Å². The van der Waals surface area contributed by atoms with Crippen molar-refractivity contribution >= 4 is 22.5 Å². The average molecular weight is 325 g/mol. The molecule has 1 heterocycles. The number of urea groups is 1. The number of amides is 2. The number of phenolic OH excluding ortho intramolecular Hbond substituents is 1. The molecule has 3 rings (SSSR count). The van der Waals surface area contributed by atoms with Crippen molar-refractivity contribution in [2.75, 3.05) is 5.32 Å². The summed E-state index contributed by atoms with van der Waals surface area (Å²) in [6, 6.07) is 16.2. The summed E-state index contributed by atoms with van der Waals surface area (Å²) in [6.07, 6.45) is 0. The Bertz CT molecular complexity index is 802. The van der Waals surface area contributed by atoms with Crippen LogP contribution in [0.5, 0.6) is 5.75 Å². The monoisotopic (exact) mass is 325 g/mol. The van der Waals surface area contributed by atoms with Crippen molar-refractivity contribution in [1.82, 2.24) is 10.3 Å². The topological polar surface area (TPSA) is 74.2 Å². The first-order valence-electron chi connectivity index (χ1n) is 7.04. The maximum Gasteiger partial charge on any atom is 0.321 e. The standard InChI is InChI=1S/C17H15N3O2S/c21-14-8-4-5-12(9-14)10-18-16(22)20-17-19-15(11-23-17)13-6-2-1-3-7-13/h1-9,11,21H,10H2,(H2,18,19,20,22). The minimum Gasteiger partial charge on any atom is -0.508 e. The quantitative estimate of drug-likeness (QED) is 0.682. The molecule has 0 aliphatic carbocycles. The number of thiazole rings is 1. The SMILES string of the molecule is O=C(NCc1cccc(O)c1)Nc1nc(-c2ccccc2)cs1. The Hall–Kier alpha value is -2.86. The van der Waals surface area contributed by atoms with Gasteiger partial charge in [0.25, 0.3) is 0 Å². The molecule has 3 N–H and O–H groups in total. The largest absolute Gasteiger partial charge is 0.508 e. The molecular formula is C17H15N3O2S. The fourth-order valence-electron chi connectivity index (χ4n) is 2.06. The number of rotatable bonds is 4. The van der Waals surface area contributed by atoms with Crippen molar-refractivity contribution in [3.8, 4) is 17.0 Å². The Kier molecular flexibility index (Phi) is 4.54. The van der Waals surface area contributed by atoms with E-state index in [1.165, 1.54) is 11.3 Å². The molecule has 0 aliphatic heterocycles. The zero-order valence-corrected chi connectivity index (χ0v) is 13.0. The van der Waals surface area contributed by atoms with E-state index in [1.807, 2.05) is 41.8 Å². The minimum absolute atomic E-state index is 0.178. The van der Waals surface area contributed by atoms with Gasteiger partial charge in [0.15, 0.2) is 5.13 Å². The van der Waals surface area contributed by atoms with Gasteiger partial charge in [0.2, 0.25) is 0 Å². The van der Waals surface area contributed by atoms with E-state index in [0.29, 0.717) is 11.7 Å². The van der Waals surface area contributed by atoms with Crippen LogP contribution in [0.2, 0.25) is 0 Å². The Morgan fingerprint density at radius 2 is 1.96 bits per heavy atom. The number of benzene rings is 2. The Labute approximate surface area is 137 Å². The van der Waals surface area contributed by atoms with E-state index in [-0.39, 0.29) is 11.8 Å². The van der Waals surface area contributed by atoms with Crippen LogP contribution in [-0.4, -0.2) is 16.1 Å². The molecule has 2 aromatic carbocycles. The van der Waals surface area contributed by atoms with Gasteiger partial charge in [0, 0.05) is 17.5 Å². The van der Waals surface area contributed by atoms with Gasteiger partial charge in [0.1, 0.15) is 5.75 Å². The van der Waals surface area contributed by atoms with Crippen LogP contribution < -0.4 is 10.6 Å². The van der Waals surface area contributed by atoms with Crippen molar-refractivity contribution in [2.45, 2.75) is 6.54 Å². The zero-order valence-electron chi connectivity index (χ0n) is 12.2. The second-order valence-corrected chi connectivity index (χ2v) is 5.74. The van der Waals surface area contributed by atoms with Gasteiger partial charge in [-0.3, -0.25) is 5.32 Å². The predicted octanol–water partition coefficient (Wildman–Crippen LogP) is 3.84. The highest BCUT2D eigenvalue weighted by molar-refractivity contribution is 7.14. The molecule has 1 aromatic heterocycles. The third kappa shape index (κ3) is 4.08. The van der Waals surface area contributed by atoms with E-state index in [4.69, 9.17) is 0 Å². The van der Waals surface area contributed by atoms with Gasteiger partial charge < -0.3 is 10.4 Å². The fourth-order valence-corrected chi connectivity index (χ4v) is 2.78. The molecule has 23 heavy (non-hydrogen) atoms. The molecule has 3 aromatic rings. The summed E-state index contributed by atoms with van der Waals surface area (Å²) < 4.78 is 0. The lowest BCUT2D eigenvalue weighted by atomic mass is 10.2. The van der Waals surface area contributed by atoms with Crippen LogP contribution in [0, 0.1) is 0 Å². The van der Waals surface area contributed by atoms with E-state index < -0.39 is 0 Å². The lowest BCUT2D eigenvalue weighted by Crippen LogP contribution is -2.28. The van der Waals surface area contributed by atoms with Crippen molar-refractivity contribution < 1.29 is 9.90 Å². The van der Waals surface area contributed by atoms with Gasteiger partial charge >= 0.3 is 6.03 Å². The third-order valence-corrected chi connectivity index (χ3v) is 3.92. The molecule has 0 saturated carbocycles. The molecule has 5 nitrogen and oxygen atoms in total. The first-order valence-corrected chi connectivity index (χ1v) is 7.92. The molecule has 0 unspecified atom stereocenters. The molecule has 0 atom stereocenters. The van der Waals surface area contributed by atoms with Crippen molar-refractivity contribution in [1.29, 1.82) is 0 Å². The highest BCUT2D eigenvalue weighted by Crippen LogP contribution is 2.24. The summed E-state index contributed by atoms with van der Waals surface area (Å²) in [5.74, 6) is 0.178. The summed E-state index contributed by atoms with van der Waals surface area (Å²) in [6.45, 7) is 0.331. The molecule has 116 valence electrons. The van der Waals surface area contributed by atoms with E-state index in [2.05, 4.69) is 15.6 Å². The van der Waals surface area contributed by atoms with Gasteiger partial charge in [0.05, 0.1) is 5.69 Å². The molecule has 0 spiro atoms. The summed E-state index contributed by atoms with van der Waals surface area (Å²) in [5, 5.41) is 17.3. The van der Waals surface area contributed by atoms with E-state index in [1.54, 1.807) is 18.2 Å². The summed E-state index contributed by atoms with van der Waals surface area (Å²) in [7, 11) is 0. The number of carbonyl (C=O) groups is 1. The zero-order chi connectivity index (χ0) is 16.1. The fraction of sp³-hybridized carbons (Fsp3) is 0.0588. The number of hydrogen-bond acceptors (Lipinski definition) is 4. The maximum absolute atomic E-state index is 11.9. The molecule has 2 amide bonds. The van der Waals surface area contributed by atoms with Crippen LogP contribution in [0.4, 0.5) is 9.93 Å². The Morgan fingerprint density at radius 3 is 2.74 bits per heavy atom. The van der Waals surface area contributed by atoms with Crippen LogP contribution >= 0.6 is 11.3 Å². The van der Waals surface area contributed by atoms with E-state index in [9.17, 15) is 9.90 Å². The number of anilines is 1. The van der Waals surface area contributed by atoms with E-state index >= 15 is 0 Å². The second-order valence-electron chi connectivity index (χ2n) is 4.88. The van der Waals surface area contributed by atoms with Crippen molar-refractivity contribution in [3.63, 3.8) is 0 Å². The molecule has 0 radical (unpaired) electrons. The van der Waals surface area contributed by atoms with Crippen LogP contribution in [0.1, 0.15) is 5.56 Å². The number of aromatic hydroxyl groups is 1. The molecule has 6 heteroatoms. The predicted molar refractivity (Wildman–Crippen MR) is 91.5 cm³/mol. The van der Waals surface area contributed by atoms with Gasteiger partial charge in [-0.05, 0) is 17.7 Å². The number of nitrogens with zero attached hydrogens (tertiary/aromatic N) is 1.